The van der Waals surface area contributed by atoms with E-state index >= 15 is 0 Å². The van der Waals surface area contributed by atoms with Crippen LogP contribution in [0.15, 0.2) is 0 Å². The van der Waals surface area contributed by atoms with Crippen LogP contribution >= 0.6 is 0 Å². The molecule has 2 heterocycles. The maximum Gasteiger partial charge on any atom is 0.224 e. The Balaban J connectivity index is 1.67. The first-order chi connectivity index (χ1) is 16.8. The highest BCUT2D eigenvalue weighted by Gasteiger charge is 2.24. The molecule has 196 valence electrons. The van der Waals surface area contributed by atoms with E-state index in [4.69, 9.17) is 14.2 Å². The van der Waals surface area contributed by atoms with Crippen LogP contribution in [-0.2, 0) is 14.2 Å². The Labute approximate surface area is 211 Å². The Morgan fingerprint density at radius 3 is 2.03 bits per heavy atom. The number of hydrogen-bond acceptors (Lipinski definition) is 4. The second-order valence-electron chi connectivity index (χ2n) is 10.6. The van der Waals surface area contributed by atoms with Crippen molar-refractivity contribution in [3.8, 4) is 6.07 Å². The van der Waals surface area contributed by atoms with Crippen molar-refractivity contribution in [2.24, 2.45) is 5.92 Å². The van der Waals surface area contributed by atoms with Crippen molar-refractivity contribution in [3.05, 3.63) is 13.2 Å². The quantitative estimate of drug-likeness (QED) is 0.235. The van der Waals surface area contributed by atoms with Gasteiger partial charge in [-0.1, -0.05) is 90.4 Å². The van der Waals surface area contributed by atoms with Gasteiger partial charge in [-0.2, -0.15) is 5.26 Å². The predicted molar refractivity (Wildman–Crippen MR) is 140 cm³/mol. The molecule has 0 amide bonds. The van der Waals surface area contributed by atoms with Gasteiger partial charge in [-0.05, 0) is 51.4 Å². The van der Waals surface area contributed by atoms with Crippen LogP contribution in [0.25, 0.3) is 0 Å². The maximum atomic E-state index is 9.54. The monoisotopic (exact) mass is 475 g/mol. The van der Waals surface area contributed by atoms with Crippen LogP contribution < -0.4 is 0 Å². The molecule has 2 bridgehead atoms. The van der Waals surface area contributed by atoms with Crippen molar-refractivity contribution in [1.29, 1.82) is 5.26 Å². The van der Waals surface area contributed by atoms with Gasteiger partial charge in [0.15, 0.2) is 0 Å². The van der Waals surface area contributed by atoms with Gasteiger partial charge in [0.05, 0.1) is 24.9 Å². The number of nitrogens with zero attached hydrogens (tertiary/aromatic N) is 1. The Kier molecular flexibility index (Phi) is 17.9. The number of nitriles is 1. The van der Waals surface area contributed by atoms with Crippen LogP contribution in [-0.4, -0.2) is 25.4 Å². The minimum Gasteiger partial charge on any atom is -0.379 e. The van der Waals surface area contributed by atoms with Gasteiger partial charge < -0.3 is 14.2 Å². The van der Waals surface area contributed by atoms with Gasteiger partial charge in [-0.15, -0.1) is 0 Å². The van der Waals surface area contributed by atoms with E-state index in [0.29, 0.717) is 12.7 Å². The molecule has 0 saturated carbocycles. The average Bonchev–Trinajstić information content (AvgIpc) is 2.92. The summed E-state index contributed by atoms with van der Waals surface area (Å²) in [6.45, 7) is 5.45. The first kappa shape index (κ1) is 29.6. The van der Waals surface area contributed by atoms with Crippen molar-refractivity contribution >= 4 is 0 Å². The third-order valence-corrected chi connectivity index (χ3v) is 7.44. The maximum absolute atomic E-state index is 9.54. The van der Waals surface area contributed by atoms with Gasteiger partial charge in [-0.25, -0.2) is 0 Å². The highest BCUT2D eigenvalue weighted by molar-refractivity contribution is 4.82. The third-order valence-electron chi connectivity index (χ3n) is 7.44. The predicted octanol–water partition coefficient (Wildman–Crippen LogP) is 8.85. The zero-order valence-corrected chi connectivity index (χ0v) is 22.1. The summed E-state index contributed by atoms with van der Waals surface area (Å²) in [5, 5.41) is 9.54. The molecule has 0 spiro atoms. The minimum atomic E-state index is 0.133. The van der Waals surface area contributed by atoms with Crippen LogP contribution in [0.3, 0.4) is 0 Å². The first-order valence-corrected chi connectivity index (χ1v) is 14.8. The highest BCUT2D eigenvalue weighted by atomic mass is 16.7. The first-order valence-electron chi connectivity index (χ1n) is 14.8. The zero-order valence-electron chi connectivity index (χ0n) is 22.1. The van der Waals surface area contributed by atoms with E-state index < -0.39 is 0 Å². The second-order valence-corrected chi connectivity index (χ2v) is 10.6. The van der Waals surface area contributed by atoms with Gasteiger partial charge in [0.25, 0.3) is 0 Å². The SMILES string of the molecule is [CH2]CCCCCCCCC(C#N)CCCCC[C]1OC2CCCCCCC(COCCCC2)O1. The van der Waals surface area contributed by atoms with Gasteiger partial charge in [0.1, 0.15) is 0 Å². The van der Waals surface area contributed by atoms with Crippen molar-refractivity contribution < 1.29 is 14.2 Å². The van der Waals surface area contributed by atoms with Gasteiger partial charge in [0.2, 0.25) is 6.29 Å². The lowest BCUT2D eigenvalue weighted by Crippen LogP contribution is -2.26. The Bertz CT molecular complexity index is 468. The van der Waals surface area contributed by atoms with Crippen LogP contribution in [0.1, 0.15) is 141 Å². The average molecular weight is 476 g/mol. The molecule has 2 fully saturated rings. The van der Waals surface area contributed by atoms with E-state index in [2.05, 4.69) is 13.0 Å². The second kappa shape index (κ2) is 20.6. The Morgan fingerprint density at radius 2 is 1.32 bits per heavy atom. The minimum absolute atomic E-state index is 0.133. The van der Waals surface area contributed by atoms with E-state index in [0.717, 1.165) is 83.5 Å². The molecule has 2 saturated heterocycles. The zero-order chi connectivity index (χ0) is 24.1. The molecule has 0 aromatic rings. The fraction of sp³-hybridized carbons (Fsp3) is 0.900. The van der Waals surface area contributed by atoms with Crippen LogP contribution in [0, 0.1) is 30.5 Å². The number of unbranched alkanes of at least 4 members (excludes halogenated alkanes) is 8. The molecule has 0 N–H and O–H groups in total. The number of hydrogen-bond donors (Lipinski definition) is 0. The Hall–Kier alpha value is -0.630. The molecule has 0 aliphatic carbocycles. The van der Waals surface area contributed by atoms with Crippen molar-refractivity contribution in [1.82, 2.24) is 0 Å². The summed E-state index contributed by atoms with van der Waals surface area (Å²) in [5.41, 5.74) is 0. The molecule has 2 aliphatic heterocycles. The van der Waals surface area contributed by atoms with E-state index in [9.17, 15) is 5.26 Å². The number of rotatable bonds is 14. The molecule has 4 heteroatoms. The van der Waals surface area contributed by atoms with Crippen LogP contribution in [0.2, 0.25) is 0 Å². The van der Waals surface area contributed by atoms with Gasteiger partial charge in [0, 0.05) is 18.9 Å². The van der Waals surface area contributed by atoms with Crippen molar-refractivity contribution in [3.63, 3.8) is 0 Å². The molecule has 34 heavy (non-hydrogen) atoms. The highest BCUT2D eigenvalue weighted by Crippen LogP contribution is 2.28. The molecule has 3 atom stereocenters. The largest absolute Gasteiger partial charge is 0.379 e. The fourth-order valence-electron chi connectivity index (χ4n) is 5.23. The standard InChI is InChI=1S/C30H53NO3/c1-2-3-4-5-6-7-11-18-27(25-31)19-12-10-15-23-30-33-28-20-13-8-9-14-22-29(34-30)26-32-24-17-16-21-28/h27-29H,1-24,26H2. The normalized spacial score (nSPS) is 24.2. The summed E-state index contributed by atoms with van der Waals surface area (Å²) in [6.07, 6.45) is 27.1. The fourth-order valence-corrected chi connectivity index (χ4v) is 5.23. The van der Waals surface area contributed by atoms with E-state index in [-0.39, 0.29) is 12.0 Å². The Morgan fingerprint density at radius 1 is 0.735 bits per heavy atom. The molecule has 2 radical (unpaired) electrons. The van der Waals surface area contributed by atoms with Crippen LogP contribution in [0.4, 0.5) is 0 Å². The van der Waals surface area contributed by atoms with E-state index in [1.54, 1.807) is 0 Å². The van der Waals surface area contributed by atoms with Gasteiger partial charge >= 0.3 is 0 Å². The summed E-state index contributed by atoms with van der Waals surface area (Å²) in [7, 11) is 0. The molecule has 2 aliphatic rings. The summed E-state index contributed by atoms with van der Waals surface area (Å²) >= 11 is 0. The molecule has 3 unspecified atom stereocenters. The third kappa shape index (κ3) is 14.7. The van der Waals surface area contributed by atoms with E-state index in [1.807, 2.05) is 0 Å². The lowest BCUT2D eigenvalue weighted by atomic mass is 9.95. The molecule has 0 aromatic heterocycles. The smallest absolute Gasteiger partial charge is 0.224 e. The number of ether oxygens (including phenoxy) is 3. The molecular formula is C30H53NO3. The summed E-state index contributed by atoms with van der Waals surface area (Å²) < 4.78 is 18.8. The lowest BCUT2D eigenvalue weighted by molar-refractivity contribution is -0.129. The topological polar surface area (TPSA) is 51.5 Å². The van der Waals surface area contributed by atoms with Gasteiger partial charge in [-0.3, -0.25) is 0 Å². The molecule has 0 aromatic carbocycles. The summed E-state index contributed by atoms with van der Waals surface area (Å²) in [4.78, 5) is 0. The summed E-state index contributed by atoms with van der Waals surface area (Å²) in [5.74, 6) is 0.227. The summed E-state index contributed by atoms with van der Waals surface area (Å²) in [6, 6.07) is 2.56. The van der Waals surface area contributed by atoms with Crippen LogP contribution in [0.5, 0.6) is 0 Å². The van der Waals surface area contributed by atoms with Crippen molar-refractivity contribution in [2.75, 3.05) is 13.2 Å². The van der Waals surface area contributed by atoms with E-state index in [1.165, 1.54) is 70.6 Å². The van der Waals surface area contributed by atoms with Crippen molar-refractivity contribution in [2.45, 2.75) is 153 Å². The molecule has 2 rings (SSSR count). The number of fused-ring (bicyclic) bond motifs is 4. The lowest BCUT2D eigenvalue weighted by Gasteiger charge is -2.26. The molecule has 4 nitrogen and oxygen atoms in total. The molecular weight excluding hydrogens is 422 g/mol.